The summed E-state index contributed by atoms with van der Waals surface area (Å²) in [6, 6.07) is 41.5. The zero-order chi connectivity index (χ0) is 101. The van der Waals surface area contributed by atoms with E-state index in [1.54, 1.807) is 0 Å². The predicted molar refractivity (Wildman–Crippen MR) is 605 cm³/mol. The number of ether oxygens (including phenoxy) is 8. The molecule has 0 amide bonds. The standard InChI is InChI=1S/C128H188N6O10/c1-9-17-25-33-41-49-57-65-85-135-113-81-75-101(95-119(113)139-89-69-61-53-45-37-29-21-13-5)123-125(103-77-83-115(137-87-67-59-51-43-35-27-19-11-3)121(97-103)141-91-71-63-55-47-39-31-23-15-7)131-109-93-105(73-79-107(109)129-123)127-133-111-99-118-112(100-117(111)143-127)134-128(144-118)106-74-80-108-110(94-106)132-126(104-78-84-116(138-88-68-60-52-44-36-28-20-12-4)122(98-104)142-92-72-64-56-48-40-32-24-16-8)124(130-108)102-76-82-114(136-86-66-58-50-42-34-26-18-10-2)120(96-102)140-90-70-62-54-46-38-30-22-14-6/h73-84,93-100H,9-72,85-92H2,1-8H3. The molecule has 0 radical (unpaired) electrons. The first-order chi connectivity index (χ1) is 71.2. The maximum Gasteiger partial charge on any atom is 0.227 e. The SMILES string of the molecule is CCCCCCCCCCOc1ccc(-c2nc3ccc(-c4nc5cc6oc(-c7ccc8nc(-c9ccc(OCCCCCCCCCC)c(OCCCCCCCCCC)c9)c(-c9ccc(OCCCCCCCCCC)c(OCCCCCCCCCC)c9)nc8c7)nc6cc5o4)cc3nc2-c2ccc(OCCCCCCCCCC)c(OCCCCCCCCCC)c2)cc1OCCCCCCCCCC. The molecular weight excluding hydrogens is 1780 g/mol. The Hall–Kier alpha value is -9.44. The van der Waals surface area contributed by atoms with Crippen molar-refractivity contribution >= 4 is 44.3 Å². The van der Waals surface area contributed by atoms with E-state index in [-0.39, 0.29) is 0 Å². The number of rotatable bonds is 86. The summed E-state index contributed by atoms with van der Waals surface area (Å²) in [4.78, 5) is 32.9. The molecule has 144 heavy (non-hydrogen) atoms. The Balaban J connectivity index is 0.928. The largest absolute Gasteiger partial charge is 0.490 e. The zero-order valence-corrected chi connectivity index (χ0v) is 91.2. The van der Waals surface area contributed by atoms with Gasteiger partial charge >= 0.3 is 0 Å². The quantitative estimate of drug-likeness (QED) is 0.0329. The lowest BCUT2D eigenvalue weighted by molar-refractivity contribution is 0.258. The van der Waals surface area contributed by atoms with E-state index in [4.69, 9.17) is 76.6 Å². The minimum Gasteiger partial charge on any atom is -0.490 e. The van der Waals surface area contributed by atoms with Gasteiger partial charge in [-0.15, -0.1) is 0 Å². The molecule has 0 saturated carbocycles. The first-order valence-electron chi connectivity index (χ1n) is 59.2. The molecule has 0 unspecified atom stereocenters. The maximum atomic E-state index is 6.87. The Kier molecular flexibility index (Phi) is 56.2. The van der Waals surface area contributed by atoms with E-state index < -0.39 is 0 Å². The van der Waals surface area contributed by atoms with Crippen molar-refractivity contribution in [2.45, 2.75) is 466 Å². The Labute approximate surface area is 870 Å². The maximum absolute atomic E-state index is 6.87. The van der Waals surface area contributed by atoms with Crippen LogP contribution < -0.4 is 37.9 Å². The highest BCUT2D eigenvalue weighted by molar-refractivity contribution is 5.94. The van der Waals surface area contributed by atoms with E-state index >= 15 is 0 Å². The van der Waals surface area contributed by atoms with Crippen LogP contribution in [0.25, 0.3) is 112 Å². The molecular formula is C128H188N6O10. The van der Waals surface area contributed by atoms with Gasteiger partial charge in [0, 0.05) is 45.5 Å². The summed E-state index contributed by atoms with van der Waals surface area (Å²) >= 11 is 0. The van der Waals surface area contributed by atoms with Crippen molar-refractivity contribution in [2.75, 3.05) is 52.9 Å². The van der Waals surface area contributed by atoms with Gasteiger partial charge in [0.05, 0.1) is 97.7 Å². The topological polar surface area (TPSA) is 177 Å². The number of hydrogen-bond donors (Lipinski definition) is 0. The summed E-state index contributed by atoms with van der Waals surface area (Å²) in [5.74, 6) is 6.80. The minimum absolute atomic E-state index is 0.440. The smallest absolute Gasteiger partial charge is 0.227 e. The lowest BCUT2D eigenvalue weighted by Gasteiger charge is -2.17. The Morgan fingerprint density at radius 3 is 0.528 bits per heavy atom. The van der Waals surface area contributed by atoms with E-state index in [0.29, 0.717) is 109 Å². The van der Waals surface area contributed by atoms with Crippen LogP contribution in [0.1, 0.15) is 466 Å². The number of benzene rings is 7. The number of hydrogen-bond acceptors (Lipinski definition) is 16. The van der Waals surface area contributed by atoms with E-state index in [1.807, 2.05) is 48.5 Å². The van der Waals surface area contributed by atoms with Crippen LogP contribution in [0.4, 0.5) is 0 Å². The summed E-state index contributed by atoms with van der Waals surface area (Å²) in [5, 5.41) is 0. The van der Waals surface area contributed by atoms with Gasteiger partial charge in [-0.1, -0.05) is 415 Å². The first kappa shape index (κ1) is 115. The van der Waals surface area contributed by atoms with Crippen molar-refractivity contribution in [3.63, 3.8) is 0 Å². The van der Waals surface area contributed by atoms with Gasteiger partial charge in [0.25, 0.3) is 0 Å². The number of unbranched alkanes of at least 4 members (excludes halogenated alkanes) is 56. The third kappa shape index (κ3) is 41.0. The van der Waals surface area contributed by atoms with Crippen molar-refractivity contribution in [3.8, 4) is 114 Å². The lowest BCUT2D eigenvalue weighted by atomic mass is 10.0. The molecule has 0 N–H and O–H groups in total. The van der Waals surface area contributed by atoms with E-state index in [9.17, 15) is 0 Å². The molecule has 0 fully saturated rings. The molecule has 4 heterocycles. The number of fused-ring (bicyclic) bond motifs is 4. The second kappa shape index (κ2) is 70.4. The summed E-state index contributed by atoms with van der Waals surface area (Å²) in [6.07, 6.45) is 78.3. The molecule has 7 aromatic carbocycles. The minimum atomic E-state index is 0.440. The van der Waals surface area contributed by atoms with Crippen LogP contribution in [0.5, 0.6) is 46.0 Å². The third-order valence-electron chi connectivity index (χ3n) is 28.6. The van der Waals surface area contributed by atoms with Gasteiger partial charge in [0.2, 0.25) is 11.8 Å². The summed E-state index contributed by atoms with van der Waals surface area (Å²) in [5.41, 5.74) is 13.1. The van der Waals surface area contributed by atoms with Crippen LogP contribution in [0.3, 0.4) is 0 Å². The van der Waals surface area contributed by atoms with E-state index in [0.717, 1.165) is 205 Å². The second-order valence-electron chi connectivity index (χ2n) is 41.3. The normalized spacial score (nSPS) is 11.7. The highest BCUT2D eigenvalue weighted by Crippen LogP contribution is 2.45. The summed E-state index contributed by atoms with van der Waals surface area (Å²) < 4.78 is 67.9. The van der Waals surface area contributed by atoms with Gasteiger partial charge in [0.15, 0.2) is 57.2 Å². The van der Waals surface area contributed by atoms with Crippen molar-refractivity contribution in [1.29, 1.82) is 0 Å². The summed E-state index contributed by atoms with van der Waals surface area (Å²) in [7, 11) is 0. The van der Waals surface area contributed by atoms with Gasteiger partial charge in [-0.25, -0.2) is 29.9 Å². The highest BCUT2D eigenvalue weighted by atomic mass is 16.5. The molecule has 0 atom stereocenters. The van der Waals surface area contributed by atoms with Gasteiger partial charge in [0.1, 0.15) is 11.0 Å². The van der Waals surface area contributed by atoms with Crippen molar-refractivity contribution in [3.05, 3.63) is 121 Å². The van der Waals surface area contributed by atoms with Gasteiger partial charge in [-0.2, -0.15) is 0 Å². The number of oxazole rings is 2. The van der Waals surface area contributed by atoms with Crippen LogP contribution in [-0.2, 0) is 0 Å². The fourth-order valence-corrected chi connectivity index (χ4v) is 19.7. The van der Waals surface area contributed by atoms with Crippen LogP contribution >= 0.6 is 0 Å². The van der Waals surface area contributed by atoms with Crippen molar-refractivity contribution in [2.24, 2.45) is 0 Å². The second-order valence-corrected chi connectivity index (χ2v) is 41.3. The van der Waals surface area contributed by atoms with Crippen LogP contribution in [0.15, 0.2) is 130 Å². The van der Waals surface area contributed by atoms with E-state index in [2.05, 4.69) is 128 Å². The highest BCUT2D eigenvalue weighted by Gasteiger charge is 2.25. The molecule has 4 aromatic heterocycles. The molecule has 0 spiro atoms. The summed E-state index contributed by atoms with van der Waals surface area (Å²) in [6.45, 7) is 23.2. The Bertz CT molecular complexity index is 4940. The van der Waals surface area contributed by atoms with Gasteiger partial charge < -0.3 is 46.7 Å². The molecule has 0 aliphatic heterocycles. The van der Waals surface area contributed by atoms with Crippen LogP contribution in [0.2, 0.25) is 0 Å². The number of aromatic nitrogens is 6. The third-order valence-corrected chi connectivity index (χ3v) is 28.6. The Morgan fingerprint density at radius 1 is 0.153 bits per heavy atom. The lowest BCUT2D eigenvalue weighted by Crippen LogP contribution is -2.04. The molecule has 11 rings (SSSR count). The van der Waals surface area contributed by atoms with Crippen LogP contribution in [-0.4, -0.2) is 82.8 Å². The molecule has 16 nitrogen and oxygen atoms in total. The molecule has 0 aliphatic carbocycles. The fourth-order valence-electron chi connectivity index (χ4n) is 19.7. The average Bonchev–Trinajstić information content (AvgIpc) is 1.48. The Morgan fingerprint density at radius 2 is 0.326 bits per heavy atom. The van der Waals surface area contributed by atoms with Crippen molar-refractivity contribution < 1.29 is 46.7 Å². The molecule has 16 heteroatoms. The van der Waals surface area contributed by atoms with Crippen LogP contribution in [0, 0.1) is 0 Å². The van der Waals surface area contributed by atoms with Gasteiger partial charge in [-0.05, 0) is 161 Å². The molecule has 790 valence electrons. The number of nitrogens with zero attached hydrogens (tertiary/aromatic N) is 6. The first-order valence-corrected chi connectivity index (χ1v) is 59.2. The monoisotopic (exact) mass is 1970 g/mol. The predicted octanol–water partition coefficient (Wildman–Crippen LogP) is 40.0. The molecule has 0 saturated heterocycles. The molecule has 0 bridgehead atoms. The van der Waals surface area contributed by atoms with E-state index in [1.165, 1.54) is 308 Å². The molecule has 11 aromatic rings. The zero-order valence-electron chi connectivity index (χ0n) is 91.2. The fraction of sp³-hybridized carbons (Fsp3) is 0.625. The average molecular weight is 1970 g/mol. The molecule has 0 aliphatic rings. The van der Waals surface area contributed by atoms with Crippen molar-refractivity contribution in [1.82, 2.24) is 29.9 Å². The van der Waals surface area contributed by atoms with Gasteiger partial charge in [-0.3, -0.25) is 0 Å².